The summed E-state index contributed by atoms with van der Waals surface area (Å²) in [6, 6.07) is 22.9. The lowest BCUT2D eigenvalue weighted by atomic mass is 10.1. The van der Waals surface area contributed by atoms with Gasteiger partial charge in [-0.15, -0.1) is 0 Å². The monoisotopic (exact) mass is 568 g/mol. The van der Waals surface area contributed by atoms with E-state index in [4.69, 9.17) is 44.3 Å². The summed E-state index contributed by atoms with van der Waals surface area (Å²) in [7, 11) is 1.54. The van der Waals surface area contributed by atoms with Gasteiger partial charge in [0.25, 0.3) is 5.91 Å². The number of carbonyl (C=O) groups excluding carboxylic acids is 1. The molecule has 1 aliphatic heterocycles. The van der Waals surface area contributed by atoms with Gasteiger partial charge >= 0.3 is 0 Å². The molecule has 37 heavy (non-hydrogen) atoms. The Morgan fingerprint density at radius 1 is 0.946 bits per heavy atom. The summed E-state index contributed by atoms with van der Waals surface area (Å²) < 4.78 is 11.6. The Bertz CT molecular complexity index is 1590. The number of aliphatic imine (C=N–C) groups is 1. The lowest BCUT2D eigenvalue weighted by molar-refractivity contribution is -0.115. The van der Waals surface area contributed by atoms with Gasteiger partial charge < -0.3 is 14.8 Å². The van der Waals surface area contributed by atoms with E-state index < -0.39 is 0 Å². The van der Waals surface area contributed by atoms with Gasteiger partial charge in [-0.3, -0.25) is 4.79 Å². The molecule has 0 atom stereocenters. The van der Waals surface area contributed by atoms with Crippen molar-refractivity contribution >= 4 is 80.2 Å². The zero-order chi connectivity index (χ0) is 25.9. The van der Waals surface area contributed by atoms with Crippen LogP contribution in [0.4, 0.5) is 5.69 Å². The molecule has 1 N–H and O–H groups in total. The van der Waals surface area contributed by atoms with E-state index in [1.54, 1.807) is 43.5 Å². The highest BCUT2D eigenvalue weighted by molar-refractivity contribution is 8.18. The minimum absolute atomic E-state index is 0.284. The lowest BCUT2D eigenvalue weighted by Crippen LogP contribution is -2.19. The molecule has 1 amide bonds. The predicted octanol–water partition coefficient (Wildman–Crippen LogP) is 8.28. The number of methoxy groups -OCH3 is 1. The van der Waals surface area contributed by atoms with Gasteiger partial charge in [-0.1, -0.05) is 77.3 Å². The fraction of sp³-hybridized carbons (Fsp3) is 0.0714. The molecule has 5 rings (SSSR count). The number of hydrogen-bond donors (Lipinski definition) is 1. The van der Waals surface area contributed by atoms with Gasteiger partial charge in [-0.2, -0.15) is 0 Å². The van der Waals surface area contributed by atoms with Crippen molar-refractivity contribution in [1.82, 2.24) is 5.32 Å². The summed E-state index contributed by atoms with van der Waals surface area (Å²) in [5, 5.41) is 6.51. The van der Waals surface area contributed by atoms with Crippen molar-refractivity contribution in [2.24, 2.45) is 4.99 Å². The SMILES string of the molecule is COc1cc(/C=C2/SC(=Nc3cccc(Cl)c3Cl)NC2=O)cc(Cl)c1OCc1ccc2ccccc2c1. The molecule has 1 heterocycles. The smallest absolute Gasteiger partial charge is 0.264 e. The number of halogens is 3. The van der Waals surface area contributed by atoms with Gasteiger partial charge in [-0.25, -0.2) is 4.99 Å². The maximum atomic E-state index is 12.6. The van der Waals surface area contributed by atoms with Crippen LogP contribution < -0.4 is 14.8 Å². The van der Waals surface area contributed by atoms with E-state index in [0.29, 0.717) is 54.5 Å². The maximum absolute atomic E-state index is 12.6. The third-order valence-corrected chi connectivity index (χ3v) is 7.55. The number of hydrogen-bond acceptors (Lipinski definition) is 5. The van der Waals surface area contributed by atoms with Crippen LogP contribution in [0.1, 0.15) is 11.1 Å². The molecule has 4 aromatic rings. The molecule has 0 bridgehead atoms. The van der Waals surface area contributed by atoms with Crippen LogP contribution in [-0.2, 0) is 11.4 Å². The third-order valence-electron chi connectivity index (χ3n) is 5.55. The van der Waals surface area contributed by atoms with Crippen molar-refractivity contribution in [2.75, 3.05) is 7.11 Å². The largest absolute Gasteiger partial charge is 0.493 e. The summed E-state index contributed by atoms with van der Waals surface area (Å²) in [4.78, 5) is 17.4. The summed E-state index contributed by atoms with van der Waals surface area (Å²) in [5.41, 5.74) is 2.16. The molecule has 0 saturated carbocycles. The predicted molar refractivity (Wildman–Crippen MR) is 154 cm³/mol. The Balaban J connectivity index is 1.35. The minimum atomic E-state index is -0.284. The van der Waals surface area contributed by atoms with Crippen molar-refractivity contribution < 1.29 is 14.3 Å². The number of thioether (sulfide) groups is 1. The quantitative estimate of drug-likeness (QED) is 0.237. The maximum Gasteiger partial charge on any atom is 0.264 e. The molecule has 5 nitrogen and oxygen atoms in total. The molecule has 1 saturated heterocycles. The van der Waals surface area contributed by atoms with Crippen molar-refractivity contribution in [3.63, 3.8) is 0 Å². The summed E-state index contributed by atoms with van der Waals surface area (Å²) >= 11 is 20.0. The second-order valence-corrected chi connectivity index (χ2v) is 10.3. The standard InChI is InChI=1S/C28H19Cl3N2O3S/c1-35-23-13-17(14-24-27(34)33-28(37-24)32-22-8-4-7-20(29)25(22)31)12-21(30)26(23)36-15-16-9-10-18-5-2-3-6-19(18)11-16/h2-14H,15H2,1H3,(H,32,33,34)/b24-14+. The first-order valence-electron chi connectivity index (χ1n) is 11.1. The Hall–Kier alpha value is -3.16. The lowest BCUT2D eigenvalue weighted by Gasteiger charge is -2.14. The van der Waals surface area contributed by atoms with Crippen LogP contribution in [0, 0.1) is 0 Å². The molecule has 1 aliphatic rings. The summed E-state index contributed by atoms with van der Waals surface area (Å²) in [6.45, 7) is 0.325. The highest BCUT2D eigenvalue weighted by Crippen LogP contribution is 2.39. The minimum Gasteiger partial charge on any atom is -0.493 e. The molecule has 186 valence electrons. The molecule has 1 fully saturated rings. The van der Waals surface area contributed by atoms with Crippen LogP contribution in [0.5, 0.6) is 11.5 Å². The number of nitrogens with zero attached hydrogens (tertiary/aromatic N) is 1. The number of benzene rings is 4. The van der Waals surface area contributed by atoms with E-state index in [1.807, 2.05) is 18.2 Å². The molecule has 0 spiro atoms. The Morgan fingerprint density at radius 3 is 2.57 bits per heavy atom. The van der Waals surface area contributed by atoms with E-state index in [-0.39, 0.29) is 5.91 Å². The van der Waals surface area contributed by atoms with Crippen LogP contribution in [0.3, 0.4) is 0 Å². The zero-order valence-electron chi connectivity index (χ0n) is 19.4. The first-order valence-corrected chi connectivity index (χ1v) is 13.1. The summed E-state index contributed by atoms with van der Waals surface area (Å²) in [5.74, 6) is 0.609. The van der Waals surface area contributed by atoms with Gasteiger partial charge in [0, 0.05) is 0 Å². The number of carbonyl (C=O) groups is 1. The van der Waals surface area contributed by atoms with Crippen molar-refractivity contribution in [1.29, 1.82) is 0 Å². The Labute approximate surface area is 233 Å². The highest BCUT2D eigenvalue weighted by atomic mass is 35.5. The number of amides is 1. The van der Waals surface area contributed by atoms with Gasteiger partial charge in [0.2, 0.25) is 0 Å². The van der Waals surface area contributed by atoms with E-state index in [9.17, 15) is 4.79 Å². The average molecular weight is 570 g/mol. The molecule has 0 radical (unpaired) electrons. The summed E-state index contributed by atoms with van der Waals surface area (Å²) in [6.07, 6.45) is 1.71. The van der Waals surface area contributed by atoms with E-state index in [1.165, 1.54) is 11.8 Å². The average Bonchev–Trinajstić information content (AvgIpc) is 3.23. The normalized spacial score (nSPS) is 15.4. The second kappa shape index (κ2) is 11.1. The van der Waals surface area contributed by atoms with Gasteiger partial charge in [0.05, 0.1) is 32.8 Å². The van der Waals surface area contributed by atoms with E-state index >= 15 is 0 Å². The molecular formula is C28H19Cl3N2O3S. The first kappa shape index (κ1) is 25.5. The molecule has 9 heteroatoms. The molecule has 4 aromatic carbocycles. The molecule has 0 aliphatic carbocycles. The molecule has 0 aromatic heterocycles. The number of fused-ring (bicyclic) bond motifs is 1. The van der Waals surface area contributed by atoms with Crippen LogP contribution in [0.25, 0.3) is 16.8 Å². The van der Waals surface area contributed by atoms with Crippen molar-refractivity contribution in [3.8, 4) is 11.5 Å². The molecular weight excluding hydrogens is 551 g/mol. The fourth-order valence-electron chi connectivity index (χ4n) is 3.77. The topological polar surface area (TPSA) is 59.9 Å². The van der Waals surface area contributed by atoms with E-state index in [2.05, 4.69) is 34.6 Å². The molecule has 0 unspecified atom stereocenters. The van der Waals surface area contributed by atoms with Crippen LogP contribution in [0.2, 0.25) is 15.1 Å². The Kier molecular flexibility index (Phi) is 7.63. The zero-order valence-corrected chi connectivity index (χ0v) is 22.5. The van der Waals surface area contributed by atoms with Gasteiger partial charge in [0.15, 0.2) is 16.7 Å². The van der Waals surface area contributed by atoms with Crippen molar-refractivity contribution in [3.05, 3.63) is 104 Å². The second-order valence-electron chi connectivity index (χ2n) is 8.06. The number of rotatable bonds is 6. The number of nitrogens with one attached hydrogen (secondary N) is 1. The highest BCUT2D eigenvalue weighted by Gasteiger charge is 2.25. The van der Waals surface area contributed by atoms with E-state index in [0.717, 1.165) is 16.3 Å². The third kappa shape index (κ3) is 5.73. The first-order chi connectivity index (χ1) is 17.9. The Morgan fingerprint density at radius 2 is 1.76 bits per heavy atom. The van der Waals surface area contributed by atoms with Crippen molar-refractivity contribution in [2.45, 2.75) is 6.61 Å². The van der Waals surface area contributed by atoms with Gasteiger partial charge in [-0.05, 0) is 70.1 Å². The van der Waals surface area contributed by atoms with Crippen LogP contribution >= 0.6 is 46.6 Å². The number of ether oxygens (including phenoxy) is 2. The van der Waals surface area contributed by atoms with Crippen LogP contribution in [-0.4, -0.2) is 18.2 Å². The van der Waals surface area contributed by atoms with Gasteiger partial charge in [0.1, 0.15) is 6.61 Å². The van der Waals surface area contributed by atoms with Crippen LogP contribution in [0.15, 0.2) is 82.7 Å². The fourth-order valence-corrected chi connectivity index (χ4v) is 5.21. The number of amidine groups is 1.